The summed E-state index contributed by atoms with van der Waals surface area (Å²) in [6.07, 6.45) is -2.18. The highest BCUT2D eigenvalue weighted by Crippen LogP contribution is 2.34. The molecule has 1 unspecified atom stereocenters. The number of benzene rings is 1. The van der Waals surface area contributed by atoms with E-state index < -0.39 is 17.3 Å². The molecule has 1 aromatic carbocycles. The van der Waals surface area contributed by atoms with Crippen LogP contribution in [0.2, 0.25) is 0 Å². The second-order valence-corrected chi connectivity index (χ2v) is 4.85. The van der Waals surface area contributed by atoms with Gasteiger partial charge in [-0.15, -0.1) is 0 Å². The summed E-state index contributed by atoms with van der Waals surface area (Å²) in [6, 6.07) is 4.92. The molecule has 106 valence electrons. The van der Waals surface area contributed by atoms with E-state index in [-0.39, 0.29) is 17.5 Å². The van der Waals surface area contributed by atoms with Crippen molar-refractivity contribution < 1.29 is 18.0 Å². The van der Waals surface area contributed by atoms with Gasteiger partial charge in [0.2, 0.25) is 0 Å². The highest BCUT2D eigenvalue weighted by molar-refractivity contribution is 5.80. The Balaban J connectivity index is 2.21. The molecule has 0 aromatic heterocycles. The minimum atomic E-state index is -4.56. The van der Waals surface area contributed by atoms with E-state index in [2.05, 4.69) is 5.32 Å². The van der Waals surface area contributed by atoms with Gasteiger partial charge in [0.1, 0.15) is 5.78 Å². The second-order valence-electron chi connectivity index (χ2n) is 4.85. The fourth-order valence-corrected chi connectivity index (χ4v) is 2.35. The number of carbonyl (C=O) groups is 1. The minimum absolute atomic E-state index is 0.124. The predicted molar refractivity (Wildman–Crippen MR) is 67.0 cm³/mol. The van der Waals surface area contributed by atoms with Crippen LogP contribution in [0.25, 0.3) is 0 Å². The van der Waals surface area contributed by atoms with Gasteiger partial charge in [-0.1, -0.05) is 0 Å². The first-order valence-electron chi connectivity index (χ1n) is 6.29. The highest BCUT2D eigenvalue weighted by Gasteiger charge is 2.34. The molecule has 1 aromatic rings. The van der Waals surface area contributed by atoms with Crippen LogP contribution in [0.4, 0.5) is 18.9 Å². The maximum Gasteiger partial charge on any atom is 0.417 e. The molecule has 20 heavy (non-hydrogen) atoms. The van der Waals surface area contributed by atoms with E-state index in [9.17, 15) is 18.0 Å². The van der Waals surface area contributed by atoms with Gasteiger partial charge in [-0.2, -0.15) is 18.4 Å². The molecule has 0 heterocycles. The molecule has 1 aliphatic rings. The Hall–Kier alpha value is -2.03. The molecule has 1 atom stereocenters. The number of nitrogens with one attached hydrogen (secondary N) is 1. The van der Waals surface area contributed by atoms with E-state index in [1.54, 1.807) is 0 Å². The molecule has 6 heteroatoms. The molecule has 0 spiro atoms. The molecule has 0 saturated heterocycles. The summed E-state index contributed by atoms with van der Waals surface area (Å²) >= 11 is 0. The minimum Gasteiger partial charge on any atom is -0.382 e. The van der Waals surface area contributed by atoms with Crippen molar-refractivity contribution in [1.29, 1.82) is 5.26 Å². The van der Waals surface area contributed by atoms with Crippen LogP contribution in [-0.2, 0) is 11.0 Å². The van der Waals surface area contributed by atoms with Gasteiger partial charge < -0.3 is 5.32 Å². The first-order valence-corrected chi connectivity index (χ1v) is 6.29. The second kappa shape index (κ2) is 5.53. The number of ketones is 1. The van der Waals surface area contributed by atoms with Gasteiger partial charge in [0, 0.05) is 24.6 Å². The van der Waals surface area contributed by atoms with E-state index in [1.165, 1.54) is 12.1 Å². The Morgan fingerprint density at radius 2 is 2.10 bits per heavy atom. The lowest BCUT2D eigenvalue weighted by molar-refractivity contribution is -0.137. The SMILES string of the molecule is N#Cc1ccc(NC2CCCC(=O)C2)cc1C(F)(F)F. The summed E-state index contributed by atoms with van der Waals surface area (Å²) in [5, 5.41) is 11.7. The number of anilines is 1. The van der Waals surface area contributed by atoms with Gasteiger partial charge in [-0.25, -0.2) is 0 Å². The van der Waals surface area contributed by atoms with Crippen LogP contribution in [-0.4, -0.2) is 11.8 Å². The summed E-state index contributed by atoms with van der Waals surface area (Å²) in [5.74, 6) is 0.124. The lowest BCUT2D eigenvalue weighted by atomic mass is 9.94. The largest absolute Gasteiger partial charge is 0.417 e. The highest BCUT2D eigenvalue weighted by atomic mass is 19.4. The first kappa shape index (κ1) is 14.4. The summed E-state index contributed by atoms with van der Waals surface area (Å²) in [4.78, 5) is 11.3. The molecule has 2 rings (SSSR count). The molecule has 0 bridgehead atoms. The average Bonchev–Trinajstić information content (AvgIpc) is 2.37. The molecule has 1 fully saturated rings. The van der Waals surface area contributed by atoms with Crippen molar-refractivity contribution in [2.45, 2.75) is 37.9 Å². The third-order valence-electron chi connectivity index (χ3n) is 3.30. The number of alkyl halides is 3. The molecule has 1 N–H and O–H groups in total. The van der Waals surface area contributed by atoms with E-state index in [0.717, 1.165) is 25.0 Å². The van der Waals surface area contributed by atoms with Crippen LogP contribution in [0.5, 0.6) is 0 Å². The first-order chi connectivity index (χ1) is 9.40. The number of carbonyl (C=O) groups excluding carboxylic acids is 1. The fourth-order valence-electron chi connectivity index (χ4n) is 2.35. The van der Waals surface area contributed by atoms with Crippen LogP contribution in [0, 0.1) is 11.3 Å². The van der Waals surface area contributed by atoms with Crippen molar-refractivity contribution >= 4 is 11.5 Å². The van der Waals surface area contributed by atoms with Gasteiger partial charge in [0.05, 0.1) is 17.2 Å². The van der Waals surface area contributed by atoms with Gasteiger partial charge in [0.25, 0.3) is 0 Å². The van der Waals surface area contributed by atoms with Gasteiger partial charge in [-0.3, -0.25) is 4.79 Å². The van der Waals surface area contributed by atoms with Crippen LogP contribution in [0.15, 0.2) is 18.2 Å². The zero-order valence-electron chi connectivity index (χ0n) is 10.6. The topological polar surface area (TPSA) is 52.9 Å². The molecule has 0 radical (unpaired) electrons. The number of rotatable bonds is 2. The van der Waals surface area contributed by atoms with Crippen molar-refractivity contribution in [3.8, 4) is 6.07 Å². The lowest BCUT2D eigenvalue weighted by Crippen LogP contribution is -2.27. The van der Waals surface area contributed by atoms with Crippen LogP contribution in [0.1, 0.15) is 36.8 Å². The van der Waals surface area contributed by atoms with Crippen molar-refractivity contribution in [2.24, 2.45) is 0 Å². The molecular weight excluding hydrogens is 269 g/mol. The Bertz CT molecular complexity index is 561. The van der Waals surface area contributed by atoms with Crippen molar-refractivity contribution in [3.05, 3.63) is 29.3 Å². The maximum atomic E-state index is 12.8. The molecular formula is C14H13F3N2O. The van der Waals surface area contributed by atoms with E-state index in [4.69, 9.17) is 5.26 Å². The standard InChI is InChI=1S/C14H13F3N2O/c15-14(16,17)13-7-11(5-4-9(13)8-18)19-10-2-1-3-12(20)6-10/h4-5,7,10,19H,1-3,6H2. The Morgan fingerprint density at radius 1 is 1.35 bits per heavy atom. The average molecular weight is 282 g/mol. The lowest BCUT2D eigenvalue weighted by Gasteiger charge is -2.23. The van der Waals surface area contributed by atoms with E-state index in [1.807, 2.05) is 0 Å². The zero-order valence-corrected chi connectivity index (χ0v) is 10.6. The Morgan fingerprint density at radius 3 is 2.70 bits per heavy atom. The van der Waals surface area contributed by atoms with Gasteiger partial charge >= 0.3 is 6.18 Å². The summed E-state index contributed by atoms with van der Waals surface area (Å²) in [5.41, 5.74) is -1.06. The Labute approximate surface area is 114 Å². The number of hydrogen-bond donors (Lipinski definition) is 1. The number of Topliss-reactive ketones (excluding diaryl/α,β-unsaturated/α-hetero) is 1. The van der Waals surface area contributed by atoms with Crippen LogP contribution < -0.4 is 5.32 Å². The third kappa shape index (κ3) is 3.29. The molecule has 0 aliphatic heterocycles. The monoisotopic (exact) mass is 282 g/mol. The molecule has 3 nitrogen and oxygen atoms in total. The zero-order chi connectivity index (χ0) is 14.8. The van der Waals surface area contributed by atoms with Crippen LogP contribution in [0.3, 0.4) is 0 Å². The quantitative estimate of drug-likeness (QED) is 0.903. The molecule has 1 aliphatic carbocycles. The van der Waals surface area contributed by atoms with Gasteiger partial charge in [0.15, 0.2) is 0 Å². The third-order valence-corrected chi connectivity index (χ3v) is 3.30. The number of nitriles is 1. The summed E-state index contributed by atoms with van der Waals surface area (Å²) in [6.45, 7) is 0. The van der Waals surface area contributed by atoms with Crippen molar-refractivity contribution in [2.75, 3.05) is 5.32 Å². The smallest absolute Gasteiger partial charge is 0.382 e. The Kier molecular flexibility index (Phi) is 3.98. The van der Waals surface area contributed by atoms with E-state index in [0.29, 0.717) is 12.8 Å². The van der Waals surface area contributed by atoms with Crippen molar-refractivity contribution in [3.63, 3.8) is 0 Å². The summed E-state index contributed by atoms with van der Waals surface area (Å²) < 4.78 is 38.5. The predicted octanol–water partition coefficient (Wildman–Crippen LogP) is 3.50. The number of halogens is 3. The number of nitrogens with zero attached hydrogens (tertiary/aromatic N) is 1. The molecule has 1 saturated carbocycles. The van der Waals surface area contributed by atoms with Crippen LogP contribution >= 0.6 is 0 Å². The summed E-state index contributed by atoms with van der Waals surface area (Å²) in [7, 11) is 0. The van der Waals surface area contributed by atoms with Gasteiger partial charge in [-0.05, 0) is 31.0 Å². The van der Waals surface area contributed by atoms with Crippen molar-refractivity contribution in [1.82, 2.24) is 0 Å². The normalized spacial score (nSPS) is 19.5. The maximum absolute atomic E-state index is 12.8. The number of hydrogen-bond acceptors (Lipinski definition) is 3. The van der Waals surface area contributed by atoms with E-state index >= 15 is 0 Å². The fraction of sp³-hybridized carbons (Fsp3) is 0.429. The molecule has 0 amide bonds.